The van der Waals surface area contributed by atoms with Crippen molar-refractivity contribution in [3.05, 3.63) is 17.2 Å². The summed E-state index contributed by atoms with van der Waals surface area (Å²) < 4.78 is 7.77. The van der Waals surface area contributed by atoms with E-state index in [-0.39, 0.29) is 6.09 Å². The van der Waals surface area contributed by atoms with Crippen molar-refractivity contribution in [2.75, 3.05) is 13.1 Å². The Kier molecular flexibility index (Phi) is 5.37. The van der Waals surface area contributed by atoms with Gasteiger partial charge in [-0.2, -0.15) is 0 Å². The van der Waals surface area contributed by atoms with Crippen LogP contribution in [-0.4, -0.2) is 39.2 Å². The van der Waals surface area contributed by atoms with E-state index < -0.39 is 5.60 Å². The standard InChI is InChI=1S/C18H31N3O2/c1-13-14(2)21(15(3)19-13)12-9-16-7-10-20(11-8-16)17(22)23-18(4,5)6/h16H,7-12H2,1-6H3. The lowest BCUT2D eigenvalue weighted by Gasteiger charge is -2.33. The largest absolute Gasteiger partial charge is 0.444 e. The first-order chi connectivity index (χ1) is 10.7. The number of hydrogen-bond donors (Lipinski definition) is 0. The minimum Gasteiger partial charge on any atom is -0.444 e. The first-order valence-corrected chi connectivity index (χ1v) is 8.65. The number of amides is 1. The molecule has 1 aliphatic heterocycles. The van der Waals surface area contributed by atoms with E-state index >= 15 is 0 Å². The van der Waals surface area contributed by atoms with Gasteiger partial charge in [-0.3, -0.25) is 0 Å². The van der Waals surface area contributed by atoms with Gasteiger partial charge in [0.1, 0.15) is 11.4 Å². The molecule has 0 spiro atoms. The number of hydrogen-bond acceptors (Lipinski definition) is 3. The summed E-state index contributed by atoms with van der Waals surface area (Å²) in [4.78, 5) is 18.5. The van der Waals surface area contributed by atoms with Crippen molar-refractivity contribution in [2.24, 2.45) is 5.92 Å². The molecule has 5 heteroatoms. The second-order valence-corrected chi connectivity index (χ2v) is 7.68. The van der Waals surface area contributed by atoms with Gasteiger partial charge in [0.15, 0.2) is 0 Å². The molecule has 0 saturated carbocycles. The molecule has 2 rings (SSSR count). The average Bonchev–Trinajstić information content (AvgIpc) is 2.69. The Morgan fingerprint density at radius 3 is 2.30 bits per heavy atom. The number of carbonyl (C=O) groups excluding carboxylic acids is 1. The molecule has 1 fully saturated rings. The first kappa shape index (κ1) is 17.8. The summed E-state index contributed by atoms with van der Waals surface area (Å²) in [5, 5.41) is 0. The average molecular weight is 321 g/mol. The molecular weight excluding hydrogens is 290 g/mol. The zero-order valence-electron chi connectivity index (χ0n) is 15.5. The van der Waals surface area contributed by atoms with Crippen LogP contribution in [0.5, 0.6) is 0 Å². The number of ether oxygens (including phenoxy) is 1. The maximum atomic E-state index is 12.1. The van der Waals surface area contributed by atoms with Gasteiger partial charge in [0.25, 0.3) is 0 Å². The molecule has 1 aromatic heterocycles. The summed E-state index contributed by atoms with van der Waals surface area (Å²) >= 11 is 0. The molecule has 5 nitrogen and oxygen atoms in total. The number of aromatic nitrogens is 2. The molecule has 0 aromatic carbocycles. The predicted octanol–water partition coefficient (Wildman–Crippen LogP) is 3.85. The molecule has 23 heavy (non-hydrogen) atoms. The third kappa shape index (κ3) is 4.72. The molecule has 0 unspecified atom stereocenters. The van der Waals surface area contributed by atoms with E-state index in [1.165, 1.54) is 5.69 Å². The van der Waals surface area contributed by atoms with E-state index in [4.69, 9.17) is 4.74 Å². The van der Waals surface area contributed by atoms with Crippen LogP contribution >= 0.6 is 0 Å². The molecule has 0 bridgehead atoms. The van der Waals surface area contributed by atoms with Gasteiger partial charge in [-0.15, -0.1) is 0 Å². The monoisotopic (exact) mass is 321 g/mol. The van der Waals surface area contributed by atoms with Crippen LogP contribution in [0.3, 0.4) is 0 Å². The molecular formula is C18H31N3O2. The Balaban J connectivity index is 1.80. The van der Waals surface area contributed by atoms with Crippen molar-refractivity contribution in [2.45, 2.75) is 73.0 Å². The zero-order chi connectivity index (χ0) is 17.2. The minimum absolute atomic E-state index is 0.173. The Hall–Kier alpha value is -1.52. The molecule has 1 aromatic rings. The van der Waals surface area contributed by atoms with Gasteiger partial charge < -0.3 is 14.2 Å². The Bertz CT molecular complexity index is 549. The minimum atomic E-state index is -0.414. The molecule has 1 saturated heterocycles. The summed E-state index contributed by atoms with van der Waals surface area (Å²) in [5.74, 6) is 1.78. The Morgan fingerprint density at radius 2 is 1.83 bits per heavy atom. The Morgan fingerprint density at radius 1 is 1.22 bits per heavy atom. The fourth-order valence-corrected chi connectivity index (χ4v) is 3.19. The molecule has 1 aliphatic rings. The third-order valence-corrected chi connectivity index (χ3v) is 4.68. The number of rotatable bonds is 3. The van der Waals surface area contributed by atoms with Crippen LogP contribution in [0.1, 0.15) is 57.2 Å². The molecule has 130 valence electrons. The predicted molar refractivity (Wildman–Crippen MR) is 91.6 cm³/mol. The van der Waals surface area contributed by atoms with Crippen LogP contribution in [0.15, 0.2) is 0 Å². The molecule has 0 N–H and O–H groups in total. The van der Waals surface area contributed by atoms with Crippen molar-refractivity contribution < 1.29 is 9.53 Å². The second kappa shape index (κ2) is 6.93. The van der Waals surface area contributed by atoms with Gasteiger partial charge in [0.05, 0.1) is 5.69 Å². The highest BCUT2D eigenvalue weighted by Gasteiger charge is 2.26. The third-order valence-electron chi connectivity index (χ3n) is 4.68. The van der Waals surface area contributed by atoms with E-state index in [1.807, 2.05) is 25.7 Å². The highest BCUT2D eigenvalue weighted by Crippen LogP contribution is 2.23. The smallest absolute Gasteiger partial charge is 0.410 e. The van der Waals surface area contributed by atoms with E-state index in [2.05, 4.69) is 30.3 Å². The van der Waals surface area contributed by atoms with Crippen LogP contribution in [0.2, 0.25) is 0 Å². The number of piperidine rings is 1. The summed E-state index contributed by atoms with van der Waals surface area (Å²) in [5.41, 5.74) is 1.98. The van der Waals surface area contributed by atoms with Crippen molar-refractivity contribution in [3.63, 3.8) is 0 Å². The van der Waals surface area contributed by atoms with E-state index in [1.54, 1.807) is 0 Å². The van der Waals surface area contributed by atoms with Crippen LogP contribution in [0, 0.1) is 26.7 Å². The lowest BCUT2D eigenvalue weighted by atomic mass is 9.93. The van der Waals surface area contributed by atoms with Crippen LogP contribution in [-0.2, 0) is 11.3 Å². The zero-order valence-corrected chi connectivity index (χ0v) is 15.5. The fraction of sp³-hybridized carbons (Fsp3) is 0.778. The number of imidazole rings is 1. The van der Waals surface area contributed by atoms with Gasteiger partial charge in [-0.05, 0) is 66.7 Å². The SMILES string of the molecule is Cc1nc(C)n(CCC2CCN(C(=O)OC(C)(C)C)CC2)c1C. The molecule has 0 aliphatic carbocycles. The fourth-order valence-electron chi connectivity index (χ4n) is 3.19. The first-order valence-electron chi connectivity index (χ1n) is 8.65. The molecule has 2 heterocycles. The van der Waals surface area contributed by atoms with Gasteiger partial charge in [0, 0.05) is 25.3 Å². The maximum absolute atomic E-state index is 12.1. The van der Waals surface area contributed by atoms with E-state index in [0.29, 0.717) is 5.92 Å². The molecule has 0 atom stereocenters. The van der Waals surface area contributed by atoms with Crippen molar-refractivity contribution in [1.29, 1.82) is 0 Å². The number of nitrogens with zero attached hydrogens (tertiary/aromatic N) is 3. The van der Waals surface area contributed by atoms with Gasteiger partial charge in [-0.25, -0.2) is 9.78 Å². The van der Waals surface area contributed by atoms with Crippen LogP contribution in [0.4, 0.5) is 4.79 Å². The topological polar surface area (TPSA) is 47.4 Å². The normalized spacial score (nSPS) is 16.7. The number of aryl methyl sites for hydroxylation is 2. The summed E-state index contributed by atoms with van der Waals surface area (Å²) in [6.07, 6.45) is 3.10. The lowest BCUT2D eigenvalue weighted by Crippen LogP contribution is -2.41. The van der Waals surface area contributed by atoms with Crippen molar-refractivity contribution in [1.82, 2.24) is 14.5 Å². The molecule has 0 radical (unpaired) electrons. The van der Waals surface area contributed by atoms with Crippen molar-refractivity contribution >= 4 is 6.09 Å². The summed E-state index contributed by atoms with van der Waals surface area (Å²) in [6, 6.07) is 0. The highest BCUT2D eigenvalue weighted by molar-refractivity contribution is 5.68. The van der Waals surface area contributed by atoms with E-state index in [9.17, 15) is 4.79 Å². The lowest BCUT2D eigenvalue weighted by molar-refractivity contribution is 0.0180. The number of likely N-dealkylation sites (tertiary alicyclic amines) is 1. The summed E-state index contributed by atoms with van der Waals surface area (Å²) in [7, 11) is 0. The maximum Gasteiger partial charge on any atom is 0.410 e. The van der Waals surface area contributed by atoms with Gasteiger partial charge in [-0.1, -0.05) is 0 Å². The Labute approximate surface area is 140 Å². The van der Waals surface area contributed by atoms with E-state index in [0.717, 1.165) is 50.4 Å². The van der Waals surface area contributed by atoms with Crippen LogP contribution in [0.25, 0.3) is 0 Å². The summed E-state index contributed by atoms with van der Waals surface area (Å²) in [6.45, 7) is 14.7. The van der Waals surface area contributed by atoms with Crippen LogP contribution < -0.4 is 0 Å². The van der Waals surface area contributed by atoms with Gasteiger partial charge in [0.2, 0.25) is 0 Å². The highest BCUT2D eigenvalue weighted by atomic mass is 16.6. The number of carbonyl (C=O) groups is 1. The molecule has 1 amide bonds. The van der Waals surface area contributed by atoms with Gasteiger partial charge >= 0.3 is 6.09 Å². The van der Waals surface area contributed by atoms with Crippen molar-refractivity contribution in [3.8, 4) is 0 Å². The quantitative estimate of drug-likeness (QED) is 0.849. The second-order valence-electron chi connectivity index (χ2n) is 7.68.